The van der Waals surface area contributed by atoms with Crippen LogP contribution in [-0.4, -0.2) is 11.6 Å². The zero-order valence-electron chi connectivity index (χ0n) is 9.20. The van der Waals surface area contributed by atoms with E-state index in [4.69, 9.17) is 16.2 Å². The van der Waals surface area contributed by atoms with Crippen LogP contribution in [0.1, 0.15) is 31.1 Å². The molecular weight excluding hydrogens is 192 g/mol. The summed E-state index contributed by atoms with van der Waals surface area (Å²) >= 11 is 0. The van der Waals surface area contributed by atoms with E-state index in [1.54, 1.807) is 39.0 Å². The van der Waals surface area contributed by atoms with E-state index in [1.165, 1.54) is 0 Å². The highest BCUT2D eigenvalue weighted by Crippen LogP contribution is 2.17. The maximum absolute atomic E-state index is 11.6. The van der Waals surface area contributed by atoms with E-state index in [0.717, 1.165) is 0 Å². The number of benzene rings is 1. The Balaban J connectivity index is 2.92. The minimum atomic E-state index is -0.517. The number of nitrogen functional groups attached to an aromatic ring is 2. The molecule has 0 aliphatic heterocycles. The lowest BCUT2D eigenvalue weighted by Crippen LogP contribution is -2.24. The molecule has 0 spiro atoms. The maximum atomic E-state index is 11.6. The molecule has 0 aromatic heterocycles. The summed E-state index contributed by atoms with van der Waals surface area (Å²) in [5.74, 6) is -0.415. The Morgan fingerprint density at radius 3 is 2.00 bits per heavy atom. The molecule has 15 heavy (non-hydrogen) atoms. The normalized spacial score (nSPS) is 11.1. The zero-order chi connectivity index (χ0) is 11.6. The van der Waals surface area contributed by atoms with Crippen molar-refractivity contribution >= 4 is 17.3 Å². The lowest BCUT2D eigenvalue weighted by molar-refractivity contribution is 0.00696. The average Bonchev–Trinajstić information content (AvgIpc) is 1.98. The number of esters is 1. The van der Waals surface area contributed by atoms with Crippen molar-refractivity contribution in [1.29, 1.82) is 0 Å². The van der Waals surface area contributed by atoms with Gasteiger partial charge in [0.05, 0.1) is 5.56 Å². The predicted molar refractivity (Wildman–Crippen MR) is 60.4 cm³/mol. The summed E-state index contributed by atoms with van der Waals surface area (Å²) in [4.78, 5) is 11.6. The first-order valence-electron chi connectivity index (χ1n) is 4.67. The Kier molecular flexibility index (Phi) is 2.88. The number of nitrogens with two attached hydrogens (primary N) is 2. The standard InChI is InChI=1S/C11H16N2O2/c1-11(2,3)15-10(14)7-4-8(12)6-9(13)5-7/h4-6H,12-13H2,1-3H3. The molecule has 0 bridgehead atoms. The van der Waals surface area contributed by atoms with Crippen LogP contribution in [0.2, 0.25) is 0 Å². The summed E-state index contributed by atoms with van der Waals surface area (Å²) in [6, 6.07) is 4.68. The number of hydrogen-bond donors (Lipinski definition) is 2. The fourth-order valence-electron chi connectivity index (χ4n) is 1.13. The van der Waals surface area contributed by atoms with Gasteiger partial charge in [0.2, 0.25) is 0 Å². The highest BCUT2D eigenvalue weighted by Gasteiger charge is 2.18. The second-order valence-electron chi connectivity index (χ2n) is 4.39. The summed E-state index contributed by atoms with van der Waals surface area (Å²) in [6.07, 6.45) is 0. The number of ether oxygens (including phenoxy) is 1. The topological polar surface area (TPSA) is 78.3 Å². The lowest BCUT2D eigenvalue weighted by atomic mass is 10.1. The summed E-state index contributed by atoms with van der Waals surface area (Å²) in [5, 5.41) is 0. The predicted octanol–water partition coefficient (Wildman–Crippen LogP) is 1.81. The van der Waals surface area contributed by atoms with Gasteiger partial charge >= 0.3 is 5.97 Å². The van der Waals surface area contributed by atoms with Gasteiger partial charge in [-0.1, -0.05) is 0 Å². The van der Waals surface area contributed by atoms with Crippen molar-refractivity contribution < 1.29 is 9.53 Å². The van der Waals surface area contributed by atoms with Crippen molar-refractivity contribution in [3.63, 3.8) is 0 Å². The Bertz CT molecular complexity index is 360. The number of carbonyl (C=O) groups excluding carboxylic acids is 1. The monoisotopic (exact) mass is 208 g/mol. The van der Waals surface area contributed by atoms with Crippen molar-refractivity contribution in [3.8, 4) is 0 Å². The third-order valence-electron chi connectivity index (χ3n) is 1.61. The van der Waals surface area contributed by atoms with Gasteiger partial charge in [-0.05, 0) is 39.0 Å². The average molecular weight is 208 g/mol. The molecule has 1 aromatic carbocycles. The third-order valence-corrected chi connectivity index (χ3v) is 1.61. The van der Waals surface area contributed by atoms with Crippen molar-refractivity contribution in [2.24, 2.45) is 0 Å². The minimum absolute atomic E-state index is 0.377. The molecule has 0 amide bonds. The molecule has 4 nitrogen and oxygen atoms in total. The molecule has 0 unspecified atom stereocenters. The highest BCUT2D eigenvalue weighted by atomic mass is 16.6. The van der Waals surface area contributed by atoms with Gasteiger partial charge in [0, 0.05) is 11.4 Å². The van der Waals surface area contributed by atoms with Crippen molar-refractivity contribution in [3.05, 3.63) is 23.8 Å². The van der Waals surface area contributed by atoms with Crippen LogP contribution in [0.25, 0.3) is 0 Å². The SMILES string of the molecule is CC(C)(C)OC(=O)c1cc(N)cc(N)c1. The summed E-state index contributed by atoms with van der Waals surface area (Å²) < 4.78 is 5.18. The minimum Gasteiger partial charge on any atom is -0.456 e. The van der Waals surface area contributed by atoms with Gasteiger partial charge in [-0.2, -0.15) is 0 Å². The van der Waals surface area contributed by atoms with Crippen molar-refractivity contribution in [2.75, 3.05) is 11.5 Å². The van der Waals surface area contributed by atoms with Crippen LogP contribution >= 0.6 is 0 Å². The highest BCUT2D eigenvalue weighted by molar-refractivity contribution is 5.92. The van der Waals surface area contributed by atoms with Crippen LogP contribution in [0.5, 0.6) is 0 Å². The van der Waals surface area contributed by atoms with E-state index >= 15 is 0 Å². The van der Waals surface area contributed by atoms with Gasteiger partial charge in [0.25, 0.3) is 0 Å². The summed E-state index contributed by atoms with van der Waals surface area (Å²) in [6.45, 7) is 5.42. The first kappa shape index (κ1) is 11.4. The first-order valence-corrected chi connectivity index (χ1v) is 4.67. The molecule has 0 radical (unpaired) electrons. The lowest BCUT2D eigenvalue weighted by Gasteiger charge is -2.19. The number of rotatable bonds is 1. The van der Waals surface area contributed by atoms with Crippen LogP contribution in [0.3, 0.4) is 0 Å². The molecule has 4 heteroatoms. The number of anilines is 2. The smallest absolute Gasteiger partial charge is 0.338 e. The van der Waals surface area contributed by atoms with E-state index in [2.05, 4.69) is 0 Å². The maximum Gasteiger partial charge on any atom is 0.338 e. The fourth-order valence-corrected chi connectivity index (χ4v) is 1.13. The van der Waals surface area contributed by atoms with Crippen molar-refractivity contribution in [2.45, 2.75) is 26.4 Å². The molecule has 0 aliphatic rings. The van der Waals surface area contributed by atoms with E-state index in [-0.39, 0.29) is 0 Å². The van der Waals surface area contributed by atoms with E-state index in [0.29, 0.717) is 16.9 Å². The molecule has 0 aliphatic carbocycles. The second kappa shape index (κ2) is 3.81. The van der Waals surface area contributed by atoms with Crippen LogP contribution in [0, 0.1) is 0 Å². The zero-order valence-corrected chi connectivity index (χ0v) is 9.20. The van der Waals surface area contributed by atoms with Crippen LogP contribution < -0.4 is 11.5 Å². The fraction of sp³-hybridized carbons (Fsp3) is 0.364. The Labute approximate surface area is 89.2 Å². The Hall–Kier alpha value is -1.71. The van der Waals surface area contributed by atoms with Gasteiger partial charge in [-0.3, -0.25) is 0 Å². The van der Waals surface area contributed by atoms with Crippen LogP contribution in [0.15, 0.2) is 18.2 Å². The summed E-state index contributed by atoms with van der Waals surface area (Å²) in [5.41, 5.74) is 11.9. The van der Waals surface area contributed by atoms with Gasteiger partial charge < -0.3 is 16.2 Å². The third kappa shape index (κ3) is 3.50. The summed E-state index contributed by atoms with van der Waals surface area (Å²) in [7, 11) is 0. The number of hydrogen-bond acceptors (Lipinski definition) is 4. The van der Waals surface area contributed by atoms with E-state index < -0.39 is 11.6 Å². The molecular formula is C11H16N2O2. The Morgan fingerprint density at radius 2 is 1.60 bits per heavy atom. The molecule has 1 aromatic rings. The first-order chi connectivity index (χ1) is 6.78. The van der Waals surface area contributed by atoms with Gasteiger partial charge in [0.1, 0.15) is 5.60 Å². The number of carbonyl (C=O) groups is 1. The molecule has 0 fully saturated rings. The van der Waals surface area contributed by atoms with E-state index in [9.17, 15) is 4.79 Å². The van der Waals surface area contributed by atoms with E-state index in [1.807, 2.05) is 0 Å². The van der Waals surface area contributed by atoms with Crippen molar-refractivity contribution in [1.82, 2.24) is 0 Å². The molecule has 0 saturated heterocycles. The second-order valence-corrected chi connectivity index (χ2v) is 4.39. The largest absolute Gasteiger partial charge is 0.456 e. The molecule has 0 saturated carbocycles. The van der Waals surface area contributed by atoms with Crippen LogP contribution in [0.4, 0.5) is 11.4 Å². The Morgan fingerprint density at radius 1 is 1.13 bits per heavy atom. The van der Waals surface area contributed by atoms with Gasteiger partial charge in [-0.15, -0.1) is 0 Å². The molecule has 0 atom stereocenters. The van der Waals surface area contributed by atoms with Gasteiger partial charge in [0.15, 0.2) is 0 Å². The quantitative estimate of drug-likeness (QED) is 0.545. The molecule has 0 heterocycles. The van der Waals surface area contributed by atoms with Gasteiger partial charge in [-0.25, -0.2) is 4.79 Å². The van der Waals surface area contributed by atoms with Crippen LogP contribution in [-0.2, 0) is 4.74 Å². The molecule has 82 valence electrons. The molecule has 1 rings (SSSR count). The molecule has 4 N–H and O–H groups in total.